The molecule has 1 heterocycles. The van der Waals surface area contributed by atoms with E-state index in [0.29, 0.717) is 12.0 Å². The lowest BCUT2D eigenvalue weighted by molar-refractivity contribution is 0.140. The molecule has 1 N–H and O–H groups in total. The molecule has 3 heteroatoms. The monoisotopic (exact) mass is 264 g/mol. The van der Waals surface area contributed by atoms with Crippen molar-refractivity contribution in [2.45, 2.75) is 39.3 Å². The first-order chi connectivity index (χ1) is 9.20. The zero-order valence-electron chi connectivity index (χ0n) is 12.0. The summed E-state index contributed by atoms with van der Waals surface area (Å²) in [6, 6.07) is 7.73. The van der Waals surface area contributed by atoms with Gasteiger partial charge >= 0.3 is 0 Å². The van der Waals surface area contributed by atoms with Gasteiger partial charge in [0.2, 0.25) is 0 Å². The zero-order chi connectivity index (χ0) is 13.7. The Kier molecular flexibility index (Phi) is 5.34. The molecule has 2 atom stereocenters. The Hall–Kier alpha value is -0.930. The molecule has 19 heavy (non-hydrogen) atoms. The second-order valence-corrected chi connectivity index (χ2v) is 5.65. The van der Waals surface area contributed by atoms with Gasteiger partial charge in [-0.3, -0.25) is 4.90 Å². The molecule has 106 valence electrons. The van der Waals surface area contributed by atoms with E-state index >= 15 is 0 Å². The van der Waals surface area contributed by atoms with E-state index in [1.165, 1.54) is 6.42 Å². The molecule has 0 amide bonds. The smallest absolute Gasteiger partial charge is 0.127 e. The van der Waals surface area contributed by atoms with Gasteiger partial charge in [-0.05, 0) is 37.9 Å². The van der Waals surface area contributed by atoms with Crippen molar-refractivity contribution in [1.29, 1.82) is 0 Å². The van der Waals surface area contributed by atoms with E-state index in [1.807, 2.05) is 12.1 Å². The maximum absolute atomic E-state index is 13.6. The summed E-state index contributed by atoms with van der Waals surface area (Å²) in [5.41, 5.74) is 0.815. The highest BCUT2D eigenvalue weighted by molar-refractivity contribution is 5.17. The van der Waals surface area contributed by atoms with Crippen molar-refractivity contribution >= 4 is 0 Å². The van der Waals surface area contributed by atoms with Gasteiger partial charge in [0, 0.05) is 24.7 Å². The van der Waals surface area contributed by atoms with Crippen LogP contribution in [0.3, 0.4) is 0 Å². The Morgan fingerprint density at radius 3 is 2.84 bits per heavy atom. The minimum absolute atomic E-state index is 0.0821. The van der Waals surface area contributed by atoms with Crippen LogP contribution in [0.1, 0.15) is 32.3 Å². The number of hydrogen-bond donors (Lipinski definition) is 1. The highest BCUT2D eigenvalue weighted by Crippen LogP contribution is 2.19. The number of halogens is 1. The van der Waals surface area contributed by atoms with Gasteiger partial charge in [-0.1, -0.05) is 32.0 Å². The molecule has 0 aliphatic carbocycles. The van der Waals surface area contributed by atoms with E-state index in [0.717, 1.165) is 38.2 Å². The van der Waals surface area contributed by atoms with Crippen LogP contribution >= 0.6 is 0 Å². The first-order valence-corrected chi connectivity index (χ1v) is 7.40. The predicted octanol–water partition coefficient (Wildman–Crippen LogP) is 3.04. The standard InChI is InChI=1S/C16H25FN2/c1-3-9-18-16-8-10-19(11-13(16)2)12-14-6-4-5-7-15(14)17/h4-7,13,16,18H,3,8-12H2,1-2H3. The van der Waals surface area contributed by atoms with Gasteiger partial charge < -0.3 is 5.32 Å². The molecule has 1 aliphatic heterocycles. The molecule has 0 aromatic heterocycles. The van der Waals surface area contributed by atoms with Crippen LogP contribution in [-0.4, -0.2) is 30.6 Å². The quantitative estimate of drug-likeness (QED) is 0.879. The number of rotatable bonds is 5. The van der Waals surface area contributed by atoms with Crippen LogP contribution in [0, 0.1) is 11.7 Å². The molecule has 0 spiro atoms. The van der Waals surface area contributed by atoms with Crippen molar-refractivity contribution < 1.29 is 4.39 Å². The number of benzene rings is 1. The first-order valence-electron chi connectivity index (χ1n) is 7.40. The van der Waals surface area contributed by atoms with Crippen LogP contribution < -0.4 is 5.32 Å². The van der Waals surface area contributed by atoms with Crippen LogP contribution in [0.15, 0.2) is 24.3 Å². The van der Waals surface area contributed by atoms with Crippen molar-refractivity contribution in [1.82, 2.24) is 10.2 Å². The van der Waals surface area contributed by atoms with Gasteiger partial charge in [0.25, 0.3) is 0 Å². The first kappa shape index (κ1) is 14.5. The van der Waals surface area contributed by atoms with Crippen LogP contribution in [0.5, 0.6) is 0 Å². The lowest BCUT2D eigenvalue weighted by Crippen LogP contribution is -2.48. The molecule has 1 aliphatic rings. The maximum atomic E-state index is 13.6. The maximum Gasteiger partial charge on any atom is 0.127 e. The number of nitrogens with one attached hydrogen (secondary N) is 1. The summed E-state index contributed by atoms with van der Waals surface area (Å²) in [6.07, 6.45) is 2.35. The number of nitrogens with zero attached hydrogens (tertiary/aromatic N) is 1. The predicted molar refractivity (Wildman–Crippen MR) is 77.5 cm³/mol. The number of likely N-dealkylation sites (tertiary alicyclic amines) is 1. The van der Waals surface area contributed by atoms with Crippen LogP contribution in [0.4, 0.5) is 4.39 Å². The molecule has 1 fully saturated rings. The Bertz CT molecular complexity index is 394. The molecule has 0 saturated carbocycles. The van der Waals surface area contributed by atoms with E-state index in [2.05, 4.69) is 24.1 Å². The molecule has 1 aromatic rings. The third-order valence-electron chi connectivity index (χ3n) is 4.00. The summed E-state index contributed by atoms with van der Waals surface area (Å²) in [7, 11) is 0. The van der Waals surface area contributed by atoms with E-state index in [4.69, 9.17) is 0 Å². The van der Waals surface area contributed by atoms with E-state index < -0.39 is 0 Å². The van der Waals surface area contributed by atoms with Crippen LogP contribution in [-0.2, 0) is 6.54 Å². The molecule has 2 nitrogen and oxygen atoms in total. The second kappa shape index (κ2) is 7.01. The van der Waals surface area contributed by atoms with Gasteiger partial charge in [0.05, 0.1) is 0 Å². The average Bonchev–Trinajstić information content (AvgIpc) is 2.40. The normalized spacial score (nSPS) is 24.6. The zero-order valence-corrected chi connectivity index (χ0v) is 12.0. The van der Waals surface area contributed by atoms with Gasteiger partial charge in [0.15, 0.2) is 0 Å². The fourth-order valence-electron chi connectivity index (χ4n) is 2.88. The molecule has 0 radical (unpaired) electrons. The van der Waals surface area contributed by atoms with Gasteiger partial charge in [0.1, 0.15) is 5.82 Å². The molecule has 1 aromatic carbocycles. The SMILES string of the molecule is CCCNC1CCN(Cc2ccccc2F)CC1C. The molecule has 2 rings (SSSR count). The lowest BCUT2D eigenvalue weighted by atomic mass is 9.93. The lowest BCUT2D eigenvalue weighted by Gasteiger charge is -2.37. The number of hydrogen-bond acceptors (Lipinski definition) is 2. The van der Waals surface area contributed by atoms with Crippen molar-refractivity contribution in [2.75, 3.05) is 19.6 Å². The second-order valence-electron chi connectivity index (χ2n) is 5.65. The van der Waals surface area contributed by atoms with Crippen molar-refractivity contribution in [3.63, 3.8) is 0 Å². The summed E-state index contributed by atoms with van der Waals surface area (Å²) >= 11 is 0. The Morgan fingerprint density at radius 1 is 1.37 bits per heavy atom. The van der Waals surface area contributed by atoms with Gasteiger partial charge in [-0.2, -0.15) is 0 Å². The summed E-state index contributed by atoms with van der Waals surface area (Å²) in [6.45, 7) is 8.43. The highest BCUT2D eigenvalue weighted by atomic mass is 19.1. The molecule has 2 unspecified atom stereocenters. The molecule has 0 bridgehead atoms. The minimum atomic E-state index is -0.0821. The summed E-state index contributed by atoms with van der Waals surface area (Å²) in [5, 5.41) is 3.62. The molecular formula is C16H25FN2. The summed E-state index contributed by atoms with van der Waals surface area (Å²) in [4.78, 5) is 2.37. The molecular weight excluding hydrogens is 239 g/mol. The Labute approximate surface area is 116 Å². The largest absolute Gasteiger partial charge is 0.314 e. The summed E-state index contributed by atoms with van der Waals surface area (Å²) in [5.74, 6) is 0.549. The van der Waals surface area contributed by atoms with E-state index in [1.54, 1.807) is 12.1 Å². The fraction of sp³-hybridized carbons (Fsp3) is 0.625. The third kappa shape index (κ3) is 4.02. The minimum Gasteiger partial charge on any atom is -0.314 e. The molecule has 1 saturated heterocycles. The fourth-order valence-corrected chi connectivity index (χ4v) is 2.88. The van der Waals surface area contributed by atoms with Crippen molar-refractivity contribution in [2.24, 2.45) is 5.92 Å². The van der Waals surface area contributed by atoms with Crippen LogP contribution in [0.2, 0.25) is 0 Å². The highest BCUT2D eigenvalue weighted by Gasteiger charge is 2.25. The Morgan fingerprint density at radius 2 is 2.16 bits per heavy atom. The summed E-state index contributed by atoms with van der Waals surface area (Å²) < 4.78 is 13.6. The van der Waals surface area contributed by atoms with Crippen molar-refractivity contribution in [3.05, 3.63) is 35.6 Å². The van der Waals surface area contributed by atoms with Gasteiger partial charge in [-0.15, -0.1) is 0 Å². The third-order valence-corrected chi connectivity index (χ3v) is 4.00. The van der Waals surface area contributed by atoms with E-state index in [9.17, 15) is 4.39 Å². The topological polar surface area (TPSA) is 15.3 Å². The van der Waals surface area contributed by atoms with E-state index in [-0.39, 0.29) is 5.82 Å². The Balaban J connectivity index is 1.86. The van der Waals surface area contributed by atoms with Crippen LogP contribution in [0.25, 0.3) is 0 Å². The van der Waals surface area contributed by atoms with Crippen molar-refractivity contribution in [3.8, 4) is 0 Å². The average molecular weight is 264 g/mol. The number of piperidine rings is 1. The van der Waals surface area contributed by atoms with Gasteiger partial charge in [-0.25, -0.2) is 4.39 Å².